The summed E-state index contributed by atoms with van der Waals surface area (Å²) in [6.07, 6.45) is -1.17. The maximum atomic E-state index is 12.6. The molecule has 0 aromatic heterocycles. The van der Waals surface area contributed by atoms with E-state index < -0.39 is 72.1 Å². The smallest absolute Gasteiger partial charge is 0.325 e. The average molecular weight is 431 g/mol. The minimum atomic E-state index is -1.46. The molecule has 0 rings (SSSR count). The number of rotatable bonds is 13. The van der Waals surface area contributed by atoms with E-state index in [1.807, 2.05) is 0 Å². The normalized spacial score (nSPS) is 14.7. The molecule has 30 heavy (non-hydrogen) atoms. The topological polar surface area (TPSA) is 231 Å². The Labute approximate surface area is 172 Å². The summed E-state index contributed by atoms with van der Waals surface area (Å²) in [6.45, 7) is 4.44. The first-order valence-electron chi connectivity index (χ1n) is 9.15. The van der Waals surface area contributed by atoms with Crippen LogP contribution in [0.5, 0.6) is 0 Å². The van der Waals surface area contributed by atoms with Gasteiger partial charge >= 0.3 is 11.9 Å². The molecule has 0 aliphatic rings. The largest absolute Gasteiger partial charge is 0.481 e. The minimum Gasteiger partial charge on any atom is -0.481 e. The van der Waals surface area contributed by atoms with Crippen molar-refractivity contribution in [3.8, 4) is 0 Å². The molecule has 0 aromatic rings. The summed E-state index contributed by atoms with van der Waals surface area (Å²) in [5.74, 6) is -6.36. The fraction of sp³-hybridized carbons (Fsp3) is 0.647. The van der Waals surface area contributed by atoms with Crippen LogP contribution in [0.1, 0.15) is 40.0 Å². The summed E-state index contributed by atoms with van der Waals surface area (Å²) in [5, 5.41) is 24.3. The number of primary amides is 1. The summed E-state index contributed by atoms with van der Waals surface area (Å²) in [5.41, 5.74) is 10.7. The van der Waals surface area contributed by atoms with Gasteiger partial charge in [-0.15, -0.1) is 0 Å². The maximum absolute atomic E-state index is 12.6. The van der Waals surface area contributed by atoms with E-state index in [0.29, 0.717) is 0 Å². The van der Waals surface area contributed by atoms with Gasteiger partial charge in [0.05, 0.1) is 12.5 Å². The van der Waals surface area contributed by atoms with Crippen LogP contribution in [0.25, 0.3) is 0 Å². The van der Waals surface area contributed by atoms with Crippen molar-refractivity contribution in [2.24, 2.45) is 17.4 Å². The van der Waals surface area contributed by atoms with Crippen molar-refractivity contribution in [2.75, 3.05) is 0 Å². The van der Waals surface area contributed by atoms with Crippen LogP contribution in [0.2, 0.25) is 0 Å². The van der Waals surface area contributed by atoms with Gasteiger partial charge in [-0.3, -0.25) is 28.8 Å². The van der Waals surface area contributed by atoms with Crippen LogP contribution in [0.4, 0.5) is 0 Å². The SMILES string of the molecule is CC(NC(=O)C(NC(=O)C(CC(N)=O)NC(=O)C(N)CCC(=O)O)C(C)C)C(=O)O. The number of aliphatic carboxylic acids is 2. The number of hydrogen-bond acceptors (Lipinski definition) is 7. The molecule has 0 heterocycles. The number of carbonyl (C=O) groups excluding carboxylic acids is 4. The van der Waals surface area contributed by atoms with Crippen molar-refractivity contribution in [3.63, 3.8) is 0 Å². The van der Waals surface area contributed by atoms with Crippen molar-refractivity contribution in [1.29, 1.82) is 0 Å². The Bertz CT molecular complexity index is 681. The van der Waals surface area contributed by atoms with Crippen LogP contribution in [-0.4, -0.2) is 69.9 Å². The number of carboxylic acids is 2. The van der Waals surface area contributed by atoms with Gasteiger partial charge in [-0.1, -0.05) is 13.8 Å². The van der Waals surface area contributed by atoms with E-state index in [4.69, 9.17) is 21.7 Å². The maximum Gasteiger partial charge on any atom is 0.325 e. The van der Waals surface area contributed by atoms with Gasteiger partial charge < -0.3 is 37.6 Å². The van der Waals surface area contributed by atoms with Gasteiger partial charge in [-0.05, 0) is 19.3 Å². The Kier molecular flexibility index (Phi) is 11.0. The standard InChI is InChI=1S/C17H29N5O8/c1-7(2)13(16(28)20-8(3)17(29)30)22-15(27)10(6-11(19)23)21-14(26)9(18)4-5-12(24)25/h7-10,13H,4-6,18H2,1-3H3,(H2,19,23)(H,20,28)(H,21,26)(H,22,27)(H,24,25)(H,29,30). The van der Waals surface area contributed by atoms with Gasteiger partial charge in [0.15, 0.2) is 0 Å². The second-order valence-corrected chi connectivity index (χ2v) is 7.07. The summed E-state index contributed by atoms with van der Waals surface area (Å²) >= 11 is 0. The number of nitrogens with one attached hydrogen (secondary N) is 3. The van der Waals surface area contributed by atoms with Crippen LogP contribution >= 0.6 is 0 Å². The lowest BCUT2D eigenvalue weighted by Gasteiger charge is -2.26. The molecule has 0 saturated carbocycles. The Morgan fingerprint density at radius 3 is 1.87 bits per heavy atom. The number of carboxylic acid groups (broad SMARTS) is 2. The van der Waals surface area contributed by atoms with E-state index in [-0.39, 0.29) is 12.8 Å². The average Bonchev–Trinajstić information content (AvgIpc) is 2.62. The first-order chi connectivity index (χ1) is 13.8. The molecule has 4 amide bonds. The zero-order valence-corrected chi connectivity index (χ0v) is 17.0. The van der Waals surface area contributed by atoms with Crippen LogP contribution in [0.3, 0.4) is 0 Å². The van der Waals surface area contributed by atoms with Crippen molar-refractivity contribution < 1.29 is 39.0 Å². The molecule has 170 valence electrons. The van der Waals surface area contributed by atoms with Crippen LogP contribution < -0.4 is 27.4 Å². The van der Waals surface area contributed by atoms with Gasteiger partial charge in [0.2, 0.25) is 23.6 Å². The highest BCUT2D eigenvalue weighted by molar-refractivity contribution is 5.96. The fourth-order valence-electron chi connectivity index (χ4n) is 2.25. The Balaban J connectivity index is 5.27. The first kappa shape index (κ1) is 26.8. The summed E-state index contributed by atoms with van der Waals surface area (Å²) in [4.78, 5) is 69.8. The molecule has 0 aliphatic heterocycles. The van der Waals surface area contributed by atoms with Crippen LogP contribution in [0.15, 0.2) is 0 Å². The zero-order chi connectivity index (χ0) is 23.6. The van der Waals surface area contributed by atoms with E-state index in [9.17, 15) is 28.8 Å². The monoisotopic (exact) mass is 431 g/mol. The Morgan fingerprint density at radius 1 is 0.867 bits per heavy atom. The second kappa shape index (κ2) is 12.4. The third-order valence-electron chi connectivity index (χ3n) is 4.02. The highest BCUT2D eigenvalue weighted by Crippen LogP contribution is 2.05. The van der Waals surface area contributed by atoms with Crippen molar-refractivity contribution in [3.05, 3.63) is 0 Å². The Hall–Kier alpha value is -3.22. The predicted molar refractivity (Wildman–Crippen MR) is 103 cm³/mol. The zero-order valence-electron chi connectivity index (χ0n) is 17.0. The number of nitrogens with two attached hydrogens (primary N) is 2. The van der Waals surface area contributed by atoms with Crippen molar-refractivity contribution in [2.45, 2.75) is 64.2 Å². The van der Waals surface area contributed by atoms with E-state index in [2.05, 4.69) is 16.0 Å². The first-order valence-corrected chi connectivity index (χ1v) is 9.15. The molecular weight excluding hydrogens is 402 g/mol. The van der Waals surface area contributed by atoms with Crippen molar-refractivity contribution >= 4 is 35.6 Å². The fourth-order valence-corrected chi connectivity index (χ4v) is 2.25. The highest BCUT2D eigenvalue weighted by atomic mass is 16.4. The van der Waals surface area contributed by atoms with E-state index in [0.717, 1.165) is 0 Å². The molecule has 9 N–H and O–H groups in total. The molecular formula is C17H29N5O8. The molecule has 4 atom stereocenters. The second-order valence-electron chi connectivity index (χ2n) is 7.07. The predicted octanol–water partition coefficient (Wildman–Crippen LogP) is -2.73. The van der Waals surface area contributed by atoms with Gasteiger partial charge in [0.25, 0.3) is 0 Å². The molecule has 4 unspecified atom stereocenters. The molecule has 0 saturated heterocycles. The lowest BCUT2D eigenvalue weighted by Crippen LogP contribution is -2.58. The molecule has 13 nitrogen and oxygen atoms in total. The van der Waals surface area contributed by atoms with E-state index in [1.54, 1.807) is 13.8 Å². The van der Waals surface area contributed by atoms with Gasteiger partial charge in [-0.25, -0.2) is 0 Å². The third kappa shape index (κ3) is 9.82. The number of amides is 4. The van der Waals surface area contributed by atoms with Gasteiger partial charge in [0.1, 0.15) is 18.1 Å². The summed E-state index contributed by atoms with van der Waals surface area (Å²) < 4.78 is 0. The highest BCUT2D eigenvalue weighted by Gasteiger charge is 2.31. The van der Waals surface area contributed by atoms with Crippen molar-refractivity contribution in [1.82, 2.24) is 16.0 Å². The summed E-state index contributed by atoms with van der Waals surface area (Å²) in [7, 11) is 0. The molecule has 0 radical (unpaired) electrons. The summed E-state index contributed by atoms with van der Waals surface area (Å²) in [6, 6.07) is -5.07. The lowest BCUT2D eigenvalue weighted by molar-refractivity contribution is -0.142. The van der Waals surface area contributed by atoms with Gasteiger partial charge in [-0.2, -0.15) is 0 Å². The third-order valence-corrected chi connectivity index (χ3v) is 4.02. The molecule has 0 bridgehead atoms. The van der Waals surface area contributed by atoms with Gasteiger partial charge in [0, 0.05) is 6.42 Å². The number of hydrogen-bond donors (Lipinski definition) is 7. The molecule has 0 aromatic carbocycles. The van der Waals surface area contributed by atoms with E-state index in [1.165, 1.54) is 6.92 Å². The quantitative estimate of drug-likeness (QED) is 0.160. The van der Waals surface area contributed by atoms with E-state index >= 15 is 0 Å². The molecule has 0 fully saturated rings. The van der Waals surface area contributed by atoms with Crippen LogP contribution in [-0.2, 0) is 28.8 Å². The molecule has 0 spiro atoms. The molecule has 0 aliphatic carbocycles. The lowest BCUT2D eigenvalue weighted by atomic mass is 10.0. The molecule has 13 heteroatoms. The minimum absolute atomic E-state index is 0.198. The number of carbonyl (C=O) groups is 6. The Morgan fingerprint density at radius 2 is 1.43 bits per heavy atom. The van der Waals surface area contributed by atoms with Crippen LogP contribution in [0, 0.1) is 5.92 Å².